The second-order valence-electron chi connectivity index (χ2n) is 19.4. The summed E-state index contributed by atoms with van der Waals surface area (Å²) in [5, 5.41) is 15.9. The summed E-state index contributed by atoms with van der Waals surface area (Å²) < 4.78 is 2.76. The molecule has 0 fully saturated rings. The standard InChI is InChI=1S/C15H14.2C14H10.C12H8S.C10H8.C6H6.C5H5N.28C2H6.2CH4/c1-15(2)13-9-5-3-7-11(13)12-8-4-6-10-14(12)15;1-3-7-13-11(5-1)9-10-12-6-2-4-8-14(12)13;1-2-6-12-10-14-8-4-3-7-13(14)9-11(12)5-1;1-3-7-11-9(5-1)10-6-2-4-8-12(10)13-11;1-2-6-10-8-4-3-7-9(10)5-1;2*1-2-4-6-5-3-1;28*1-2;;/h3-10H,1-2H3;2*1-10H;1-8H;1-8H;1-6H;1-5H;28*1-2H3;2*1H4. The van der Waals surface area contributed by atoms with Crippen LogP contribution in [-0.4, -0.2) is 4.98 Å². The highest BCUT2D eigenvalue weighted by Gasteiger charge is 2.34. The maximum Gasteiger partial charge on any atom is 0.0355 e. The molecule has 0 bridgehead atoms. The first kappa shape index (κ1) is 179. The third-order valence-corrected chi connectivity index (χ3v) is 15.1. The minimum atomic E-state index is 0. The molecule has 0 saturated heterocycles. The zero-order chi connectivity index (χ0) is 109. The van der Waals surface area contributed by atoms with E-state index in [2.05, 4.69) is 286 Å². The van der Waals surface area contributed by atoms with Crippen LogP contribution < -0.4 is 0 Å². The van der Waals surface area contributed by atoms with Gasteiger partial charge in [0.2, 0.25) is 0 Å². The highest BCUT2D eigenvalue weighted by Crippen LogP contribution is 2.48. The van der Waals surface area contributed by atoms with E-state index >= 15 is 0 Å². The number of aromatic nitrogens is 1. The minimum absolute atomic E-state index is 0. The second-order valence-corrected chi connectivity index (χ2v) is 20.5. The van der Waals surface area contributed by atoms with Gasteiger partial charge in [-0.05, 0) is 113 Å². The van der Waals surface area contributed by atoms with Crippen LogP contribution >= 0.6 is 11.3 Å². The summed E-state index contributed by atoms with van der Waals surface area (Å²) in [6, 6.07) is 112. The molecule has 784 valence electrons. The molecular weight excluding hydrogens is 1660 g/mol. The maximum absolute atomic E-state index is 3.78. The Morgan fingerprint density at radius 1 is 0.154 bits per heavy atom. The quantitative estimate of drug-likeness (QED) is 0.109. The minimum Gasteiger partial charge on any atom is -0.265 e. The lowest BCUT2D eigenvalue weighted by atomic mass is 9.82. The van der Waals surface area contributed by atoms with Gasteiger partial charge < -0.3 is 0 Å². The third kappa shape index (κ3) is 85.0. The molecule has 1 aliphatic rings. The smallest absolute Gasteiger partial charge is 0.0355 e. The van der Waals surface area contributed by atoms with Gasteiger partial charge in [-0.25, -0.2) is 0 Å². The van der Waals surface area contributed by atoms with Crippen LogP contribution in [0.4, 0.5) is 0 Å². The summed E-state index contributed by atoms with van der Waals surface area (Å²) in [7, 11) is 0. The van der Waals surface area contributed by atoms with Gasteiger partial charge in [0, 0.05) is 38.0 Å². The molecule has 1 nitrogen and oxygen atoms in total. The van der Waals surface area contributed by atoms with Crippen molar-refractivity contribution in [1.82, 2.24) is 4.98 Å². The molecule has 0 aliphatic heterocycles. The second kappa shape index (κ2) is 168. The van der Waals surface area contributed by atoms with Crippen LogP contribution in [0.25, 0.3) is 85.2 Å². The van der Waals surface area contributed by atoms with Crippen molar-refractivity contribution in [2.24, 2.45) is 0 Å². The van der Waals surface area contributed by atoms with Crippen molar-refractivity contribution in [2.45, 2.75) is 422 Å². The van der Waals surface area contributed by atoms with Crippen LogP contribution in [0.5, 0.6) is 0 Å². The molecule has 0 amide bonds. The van der Waals surface area contributed by atoms with Crippen LogP contribution in [-0.2, 0) is 5.41 Å². The van der Waals surface area contributed by atoms with Gasteiger partial charge >= 0.3 is 0 Å². The van der Waals surface area contributed by atoms with E-state index in [1.54, 1.807) is 12.4 Å². The Morgan fingerprint density at radius 3 is 0.515 bits per heavy atom. The first-order chi connectivity index (χ1) is 66.5. The Bertz CT molecular complexity index is 3890. The molecule has 0 unspecified atom stereocenters. The van der Waals surface area contributed by atoms with Gasteiger partial charge in [-0.15, -0.1) is 11.3 Å². The lowest BCUT2D eigenvalue weighted by Gasteiger charge is -2.20. The highest BCUT2D eigenvalue weighted by molar-refractivity contribution is 7.25. The largest absolute Gasteiger partial charge is 0.265 e. The Hall–Kier alpha value is -9.47. The normalized spacial score (nSPS) is 7.72. The number of rotatable bonds is 0. The molecule has 13 aromatic carbocycles. The summed E-state index contributed by atoms with van der Waals surface area (Å²) in [5.41, 5.74) is 5.86. The fourth-order valence-electron chi connectivity index (χ4n) is 10.0. The average molecular weight is 1890 g/mol. The first-order valence-corrected chi connectivity index (χ1v) is 55.4. The summed E-state index contributed by atoms with van der Waals surface area (Å²) in [6.07, 6.45) is 3.50. The number of nitrogens with zero attached hydrogens (tertiary/aromatic N) is 1. The molecule has 0 spiro atoms. The molecule has 136 heavy (non-hydrogen) atoms. The lowest BCUT2D eigenvalue weighted by molar-refractivity contribution is 0.660. The molecule has 0 N–H and O–H groups in total. The molecule has 0 atom stereocenters. The van der Waals surface area contributed by atoms with Crippen LogP contribution in [0.2, 0.25) is 0 Å². The van der Waals surface area contributed by atoms with Crippen LogP contribution in [0.3, 0.4) is 0 Å². The zero-order valence-electron chi connectivity index (χ0n) is 100. The Morgan fingerprint density at radius 2 is 0.316 bits per heavy atom. The fourth-order valence-corrected chi connectivity index (χ4v) is 11.1. The SMILES string of the molecule is C.C.CC.CC.CC.CC.CC.CC.CC.CC.CC.CC.CC.CC.CC.CC.CC.CC.CC.CC.CC.CC.CC.CC.CC.CC.CC.CC.CC.CC.CC1(C)c2ccccc2-c2ccccc21.c1ccc2c(c1)ccc1ccccc12.c1ccc2c(c1)sc1ccccc12.c1ccc2cc3ccccc3cc2c1.c1ccc2ccccc2c1.c1ccccc1.c1ccncc1. The number of fused-ring (bicyclic) bond motifs is 12. The fraction of sp³-hybridized carbons (Fsp3) is 0.455. The van der Waals surface area contributed by atoms with E-state index in [4.69, 9.17) is 0 Å². The third-order valence-electron chi connectivity index (χ3n) is 13.9. The molecule has 15 aromatic rings. The van der Waals surface area contributed by atoms with Crippen molar-refractivity contribution < 1.29 is 0 Å². The Labute approximate surface area is 862 Å². The summed E-state index contributed by atoms with van der Waals surface area (Å²) in [5.74, 6) is 0. The van der Waals surface area contributed by atoms with Crippen LogP contribution in [0, 0.1) is 0 Å². The van der Waals surface area contributed by atoms with E-state index in [1.165, 1.54) is 96.3 Å². The molecule has 2 heterocycles. The van der Waals surface area contributed by atoms with Gasteiger partial charge in [-0.2, -0.15) is 0 Å². The van der Waals surface area contributed by atoms with Crippen LogP contribution in [0.1, 0.15) is 428 Å². The van der Waals surface area contributed by atoms with Crippen molar-refractivity contribution in [1.29, 1.82) is 0 Å². The van der Waals surface area contributed by atoms with Gasteiger partial charge in [-0.1, -0.05) is 702 Å². The number of thiophene rings is 1. The van der Waals surface area contributed by atoms with E-state index in [-0.39, 0.29) is 20.3 Å². The van der Waals surface area contributed by atoms with E-state index in [0.29, 0.717) is 0 Å². The highest BCUT2D eigenvalue weighted by atomic mass is 32.1. The predicted octanol–water partition coefficient (Wildman–Crippen LogP) is 51.6. The van der Waals surface area contributed by atoms with Crippen molar-refractivity contribution >= 4 is 85.4 Å². The molecule has 0 saturated carbocycles. The summed E-state index contributed by atoms with van der Waals surface area (Å²) in [6.45, 7) is 117. The molecule has 2 heteroatoms. The first-order valence-electron chi connectivity index (χ1n) is 54.6. The monoisotopic (exact) mass is 1890 g/mol. The van der Waals surface area contributed by atoms with Gasteiger partial charge in [0.05, 0.1) is 0 Å². The van der Waals surface area contributed by atoms with Gasteiger partial charge in [0.25, 0.3) is 0 Å². The molecule has 16 rings (SSSR count). The van der Waals surface area contributed by atoms with Gasteiger partial charge in [0.1, 0.15) is 0 Å². The van der Waals surface area contributed by atoms with Crippen LogP contribution in [0.15, 0.2) is 334 Å². The molecule has 2 aromatic heterocycles. The molecular formula is C134H237NS. The van der Waals surface area contributed by atoms with E-state index in [0.717, 1.165) is 0 Å². The number of pyridine rings is 1. The van der Waals surface area contributed by atoms with E-state index in [9.17, 15) is 0 Å². The summed E-state index contributed by atoms with van der Waals surface area (Å²) >= 11 is 1.86. The van der Waals surface area contributed by atoms with Gasteiger partial charge in [0.15, 0.2) is 0 Å². The number of hydrogen-bond donors (Lipinski definition) is 0. The van der Waals surface area contributed by atoms with Crippen molar-refractivity contribution in [2.75, 3.05) is 0 Å². The Balaban J connectivity index is -0.0000000553. The van der Waals surface area contributed by atoms with Gasteiger partial charge in [-0.3, -0.25) is 4.98 Å². The average Bonchev–Trinajstić information content (AvgIpc) is 1.58. The van der Waals surface area contributed by atoms with Crippen molar-refractivity contribution in [3.8, 4) is 11.1 Å². The molecule has 0 radical (unpaired) electrons. The van der Waals surface area contributed by atoms with E-state index < -0.39 is 0 Å². The topological polar surface area (TPSA) is 12.9 Å². The van der Waals surface area contributed by atoms with Crippen molar-refractivity contribution in [3.63, 3.8) is 0 Å². The maximum atomic E-state index is 3.78. The summed E-state index contributed by atoms with van der Waals surface area (Å²) in [4.78, 5) is 3.78. The predicted molar refractivity (Wildman–Crippen MR) is 672 cm³/mol. The molecule has 1 aliphatic carbocycles. The Kier molecular flexibility index (Phi) is 222. The lowest BCUT2D eigenvalue weighted by Crippen LogP contribution is -2.14. The zero-order valence-corrected chi connectivity index (χ0v) is 101. The van der Waals surface area contributed by atoms with E-state index in [1.807, 2.05) is 454 Å². The number of hydrogen-bond acceptors (Lipinski definition) is 2. The van der Waals surface area contributed by atoms with Crippen molar-refractivity contribution in [3.05, 3.63) is 345 Å². The number of benzene rings is 13.